The number of fused-ring (bicyclic) bond motifs is 1. The van der Waals surface area contributed by atoms with Crippen molar-refractivity contribution >= 4 is 28.5 Å². The van der Waals surface area contributed by atoms with Gasteiger partial charge in [-0.05, 0) is 64.2 Å². The molecule has 0 fully saturated rings. The van der Waals surface area contributed by atoms with E-state index >= 15 is 0 Å². The summed E-state index contributed by atoms with van der Waals surface area (Å²) in [6.45, 7) is 1.02. The molecule has 134 valence electrons. The summed E-state index contributed by atoms with van der Waals surface area (Å²) >= 11 is 2.22. The monoisotopic (exact) mass is 478 g/mol. The molecular formula is C21H20IO3P. The van der Waals surface area contributed by atoms with E-state index in [0.29, 0.717) is 18.8 Å². The maximum atomic E-state index is 9.70. The van der Waals surface area contributed by atoms with Crippen LogP contribution in [0.4, 0.5) is 0 Å². The SMILES string of the molecule is Oc1ccc(C2c3ccc(OPI)cc3OCC2C2=CCCC=C2)cc1. The fourth-order valence-electron chi connectivity index (χ4n) is 3.79. The zero-order valence-corrected chi connectivity index (χ0v) is 17.3. The highest BCUT2D eigenvalue weighted by Gasteiger charge is 2.34. The molecule has 4 rings (SSSR count). The third-order valence-corrected chi connectivity index (χ3v) is 5.97. The number of hydrogen-bond donors (Lipinski definition) is 1. The predicted molar refractivity (Wildman–Crippen MR) is 115 cm³/mol. The van der Waals surface area contributed by atoms with Gasteiger partial charge in [-0.15, -0.1) is 0 Å². The van der Waals surface area contributed by atoms with E-state index in [0.717, 1.165) is 24.3 Å². The first-order valence-electron chi connectivity index (χ1n) is 8.71. The Hall–Kier alpha value is -1.52. The minimum absolute atomic E-state index is 0.199. The van der Waals surface area contributed by atoms with Crippen molar-refractivity contribution in [3.8, 4) is 17.2 Å². The number of aromatic hydroxyl groups is 1. The highest BCUT2D eigenvalue weighted by molar-refractivity contribution is 14.2. The van der Waals surface area contributed by atoms with E-state index in [1.54, 1.807) is 12.1 Å². The van der Waals surface area contributed by atoms with Gasteiger partial charge in [0.05, 0.1) is 6.61 Å². The van der Waals surface area contributed by atoms with E-state index < -0.39 is 0 Å². The van der Waals surface area contributed by atoms with Gasteiger partial charge in [-0.1, -0.05) is 36.4 Å². The Kier molecular flexibility index (Phi) is 5.51. The van der Waals surface area contributed by atoms with Crippen LogP contribution < -0.4 is 9.26 Å². The predicted octanol–water partition coefficient (Wildman–Crippen LogP) is 6.13. The van der Waals surface area contributed by atoms with Crippen molar-refractivity contribution in [3.63, 3.8) is 0 Å². The Morgan fingerprint density at radius 2 is 1.96 bits per heavy atom. The molecule has 1 aliphatic heterocycles. The molecule has 2 aromatic rings. The number of phenolic OH excluding ortho intramolecular Hbond substituents is 1. The molecule has 2 aromatic carbocycles. The van der Waals surface area contributed by atoms with Crippen molar-refractivity contribution in [2.45, 2.75) is 18.8 Å². The largest absolute Gasteiger partial charge is 0.508 e. The van der Waals surface area contributed by atoms with Crippen LogP contribution in [0.3, 0.4) is 0 Å². The van der Waals surface area contributed by atoms with Gasteiger partial charge < -0.3 is 14.4 Å². The second-order valence-electron chi connectivity index (χ2n) is 6.55. The van der Waals surface area contributed by atoms with E-state index in [9.17, 15) is 5.11 Å². The lowest BCUT2D eigenvalue weighted by Gasteiger charge is -2.35. The molecule has 0 aromatic heterocycles. The van der Waals surface area contributed by atoms with Crippen LogP contribution in [0.2, 0.25) is 0 Å². The molecule has 2 aliphatic rings. The number of allylic oxidation sites excluding steroid dienone is 3. The minimum Gasteiger partial charge on any atom is -0.508 e. The summed E-state index contributed by atoms with van der Waals surface area (Å²) < 4.78 is 11.8. The van der Waals surface area contributed by atoms with Crippen LogP contribution in [0, 0.1) is 5.92 Å². The summed E-state index contributed by atoms with van der Waals surface area (Å²) in [6.07, 6.45) is 9.01. The van der Waals surface area contributed by atoms with E-state index in [2.05, 4.69) is 46.3 Å². The van der Waals surface area contributed by atoms with Crippen molar-refractivity contribution in [1.29, 1.82) is 0 Å². The Balaban J connectivity index is 1.78. The highest BCUT2D eigenvalue weighted by atomic mass is 127. The molecule has 5 heteroatoms. The van der Waals surface area contributed by atoms with Gasteiger partial charge in [0.1, 0.15) is 23.7 Å². The molecule has 0 amide bonds. The number of rotatable bonds is 4. The molecule has 0 bridgehead atoms. The first-order chi connectivity index (χ1) is 12.8. The van der Waals surface area contributed by atoms with Crippen LogP contribution >= 0.6 is 28.5 Å². The smallest absolute Gasteiger partial charge is 0.137 e. The molecule has 1 aliphatic carbocycles. The molecule has 0 spiro atoms. The number of hydrogen-bond acceptors (Lipinski definition) is 3. The third-order valence-electron chi connectivity index (χ3n) is 5.00. The van der Waals surface area contributed by atoms with Gasteiger partial charge in [0.15, 0.2) is 0 Å². The summed E-state index contributed by atoms with van der Waals surface area (Å²) in [5.74, 6) is 2.50. The summed E-state index contributed by atoms with van der Waals surface area (Å²) in [5.41, 5.74) is 3.71. The zero-order chi connectivity index (χ0) is 17.9. The second kappa shape index (κ2) is 8.01. The maximum Gasteiger partial charge on any atom is 0.137 e. The topological polar surface area (TPSA) is 38.7 Å². The first-order valence-corrected chi connectivity index (χ1v) is 12.7. The molecule has 1 heterocycles. The van der Waals surface area contributed by atoms with Crippen LogP contribution in [0.15, 0.2) is 66.3 Å². The molecule has 3 unspecified atom stereocenters. The van der Waals surface area contributed by atoms with Gasteiger partial charge in [0, 0.05) is 23.5 Å². The first kappa shape index (κ1) is 17.9. The lowest BCUT2D eigenvalue weighted by molar-refractivity contribution is 0.229. The third kappa shape index (κ3) is 3.63. The summed E-state index contributed by atoms with van der Waals surface area (Å²) in [5, 5.41) is 9.70. The fourth-order valence-corrected chi connectivity index (χ4v) is 4.77. The molecule has 3 atom stereocenters. The minimum atomic E-state index is 0.199. The fraction of sp³-hybridized carbons (Fsp3) is 0.238. The lowest BCUT2D eigenvalue weighted by atomic mass is 9.74. The Morgan fingerprint density at radius 3 is 2.69 bits per heavy atom. The number of ether oxygens (including phenoxy) is 1. The average molecular weight is 478 g/mol. The normalized spacial score (nSPS) is 22.0. The summed E-state index contributed by atoms with van der Waals surface area (Å²) in [6, 6.07) is 13.7. The van der Waals surface area contributed by atoms with E-state index in [1.165, 1.54) is 16.7 Å². The van der Waals surface area contributed by atoms with E-state index in [-0.39, 0.29) is 11.8 Å². The highest BCUT2D eigenvalue weighted by Crippen LogP contribution is 2.46. The van der Waals surface area contributed by atoms with Crippen LogP contribution in [-0.2, 0) is 0 Å². The van der Waals surface area contributed by atoms with Crippen molar-refractivity contribution in [1.82, 2.24) is 0 Å². The lowest BCUT2D eigenvalue weighted by Crippen LogP contribution is -2.28. The van der Waals surface area contributed by atoms with Gasteiger partial charge >= 0.3 is 0 Å². The van der Waals surface area contributed by atoms with E-state index in [4.69, 9.17) is 9.26 Å². The zero-order valence-electron chi connectivity index (χ0n) is 14.2. The second-order valence-corrected chi connectivity index (χ2v) is 8.23. The van der Waals surface area contributed by atoms with Crippen molar-refractivity contribution in [3.05, 3.63) is 77.4 Å². The van der Waals surface area contributed by atoms with Gasteiger partial charge in [0.2, 0.25) is 0 Å². The quantitative estimate of drug-likeness (QED) is 0.425. The van der Waals surface area contributed by atoms with Crippen molar-refractivity contribution in [2.75, 3.05) is 6.61 Å². The van der Waals surface area contributed by atoms with Gasteiger partial charge in [0.25, 0.3) is 0 Å². The van der Waals surface area contributed by atoms with Crippen LogP contribution in [0.1, 0.15) is 29.9 Å². The Morgan fingerprint density at radius 1 is 1.12 bits per heavy atom. The Bertz CT molecular complexity index is 845. The Labute approximate surface area is 168 Å². The molecular weight excluding hydrogens is 458 g/mol. The van der Waals surface area contributed by atoms with Crippen molar-refractivity contribution in [2.24, 2.45) is 5.92 Å². The van der Waals surface area contributed by atoms with Gasteiger partial charge in [-0.3, -0.25) is 0 Å². The molecule has 1 N–H and O–H groups in total. The van der Waals surface area contributed by atoms with Crippen molar-refractivity contribution < 1.29 is 14.4 Å². The van der Waals surface area contributed by atoms with E-state index in [1.807, 2.05) is 24.3 Å². The maximum absolute atomic E-state index is 9.70. The molecule has 0 saturated heterocycles. The molecule has 0 radical (unpaired) electrons. The van der Waals surface area contributed by atoms with Gasteiger partial charge in [-0.25, -0.2) is 0 Å². The average Bonchev–Trinajstić information content (AvgIpc) is 2.69. The van der Waals surface area contributed by atoms with Crippen LogP contribution in [0.5, 0.6) is 17.2 Å². The number of halogens is 1. The molecule has 26 heavy (non-hydrogen) atoms. The van der Waals surface area contributed by atoms with Crippen LogP contribution in [-0.4, -0.2) is 11.7 Å². The molecule has 0 saturated carbocycles. The molecule has 3 nitrogen and oxygen atoms in total. The number of benzene rings is 2. The standard InChI is InChI=1S/C21H20IO3P/c22-26-25-17-10-11-18-20(12-17)24-13-19(14-4-2-1-3-5-14)21(18)15-6-8-16(23)9-7-15/h2,4-12,19,21,23,26H,1,3,13H2. The van der Waals surface area contributed by atoms with Gasteiger partial charge in [-0.2, -0.15) is 0 Å². The summed E-state index contributed by atoms with van der Waals surface area (Å²) in [4.78, 5) is 0. The number of phenols is 1. The van der Waals surface area contributed by atoms with Crippen LogP contribution in [0.25, 0.3) is 0 Å². The summed E-state index contributed by atoms with van der Waals surface area (Å²) in [7, 11) is 0.